The summed E-state index contributed by atoms with van der Waals surface area (Å²) in [4.78, 5) is 2.51. The van der Waals surface area contributed by atoms with E-state index in [1.165, 1.54) is 93.5 Å². The van der Waals surface area contributed by atoms with Gasteiger partial charge in [0.1, 0.15) is 0 Å². The molecule has 14 rings (SSSR count). The van der Waals surface area contributed by atoms with Gasteiger partial charge < -0.3 is 9.47 Å². The molecule has 1 heterocycles. The molecule has 0 bridgehead atoms. The first-order valence-electron chi connectivity index (χ1n) is 25.5. The smallest absolute Gasteiger partial charge is 0.0716 e. The molecule has 0 saturated heterocycles. The van der Waals surface area contributed by atoms with Crippen LogP contribution in [0, 0.1) is 0 Å². The first-order valence-corrected chi connectivity index (χ1v) is 25.5. The molecular formula is C71H50N2. The number of nitrogens with zero attached hydrogens (tertiary/aromatic N) is 2. The predicted molar refractivity (Wildman–Crippen MR) is 307 cm³/mol. The van der Waals surface area contributed by atoms with Crippen LogP contribution < -0.4 is 4.90 Å². The highest BCUT2D eigenvalue weighted by atomic mass is 15.1. The molecule has 1 aliphatic carbocycles. The molecule has 0 N–H and O–H groups in total. The minimum atomic E-state index is -0.593. The Morgan fingerprint density at radius 1 is 0.356 bits per heavy atom. The van der Waals surface area contributed by atoms with Crippen molar-refractivity contribution in [3.05, 3.63) is 312 Å². The molecule has 0 radical (unpaired) electrons. The van der Waals surface area contributed by atoms with E-state index in [2.05, 4.69) is 289 Å². The van der Waals surface area contributed by atoms with Crippen molar-refractivity contribution in [3.8, 4) is 27.9 Å². The minimum Gasteiger partial charge on any atom is -0.310 e. The second-order valence-corrected chi connectivity index (χ2v) is 19.5. The Bertz CT molecular complexity index is 4190. The summed E-state index contributed by atoms with van der Waals surface area (Å²) in [5.74, 6) is 0. The average molecular weight is 931 g/mol. The Hall–Kier alpha value is -9.24. The van der Waals surface area contributed by atoms with Gasteiger partial charge in [-0.25, -0.2) is 0 Å². The minimum absolute atomic E-state index is 0.593. The van der Waals surface area contributed by atoms with E-state index in [1.54, 1.807) is 0 Å². The number of rotatable bonds is 10. The quantitative estimate of drug-likeness (QED) is 0.133. The number of hydrogen-bond donors (Lipinski definition) is 0. The zero-order valence-corrected chi connectivity index (χ0v) is 40.4. The van der Waals surface area contributed by atoms with E-state index < -0.39 is 5.41 Å². The fourth-order valence-electron chi connectivity index (χ4n) is 12.3. The largest absolute Gasteiger partial charge is 0.310 e. The molecule has 13 aromatic rings. The van der Waals surface area contributed by atoms with Gasteiger partial charge in [-0.05, 0) is 122 Å². The summed E-state index contributed by atoms with van der Waals surface area (Å²) in [6.45, 7) is 0. The van der Waals surface area contributed by atoms with Crippen LogP contribution in [0.2, 0.25) is 0 Å². The van der Waals surface area contributed by atoms with Gasteiger partial charge in [-0.1, -0.05) is 237 Å². The van der Waals surface area contributed by atoms with Crippen molar-refractivity contribution < 1.29 is 0 Å². The number of aromatic nitrogens is 1. The molecule has 0 aliphatic heterocycles. The third-order valence-corrected chi connectivity index (χ3v) is 15.6. The number of hydrogen-bond acceptors (Lipinski definition) is 1. The molecule has 1 atom stereocenters. The molecule has 0 amide bonds. The second kappa shape index (κ2) is 17.6. The van der Waals surface area contributed by atoms with Gasteiger partial charge in [0.2, 0.25) is 0 Å². The summed E-state index contributed by atoms with van der Waals surface area (Å²) >= 11 is 0. The van der Waals surface area contributed by atoms with Crippen molar-refractivity contribution >= 4 is 60.4 Å². The summed E-state index contributed by atoms with van der Waals surface area (Å²) in [5, 5.41) is 7.30. The summed E-state index contributed by atoms with van der Waals surface area (Å²) in [6.07, 6.45) is 1.88. The molecule has 12 aromatic carbocycles. The number of fused-ring (bicyclic) bond motifs is 9. The van der Waals surface area contributed by atoms with Gasteiger partial charge >= 0.3 is 0 Å². The van der Waals surface area contributed by atoms with Crippen LogP contribution in [0.1, 0.15) is 33.4 Å². The maximum absolute atomic E-state index is 2.52. The van der Waals surface area contributed by atoms with E-state index in [0.717, 1.165) is 41.1 Å². The van der Waals surface area contributed by atoms with Crippen molar-refractivity contribution in [2.24, 2.45) is 0 Å². The summed E-state index contributed by atoms with van der Waals surface area (Å²) in [7, 11) is 0. The zero-order valence-electron chi connectivity index (χ0n) is 40.4. The Kier molecular flexibility index (Phi) is 10.3. The van der Waals surface area contributed by atoms with E-state index >= 15 is 0 Å². The van der Waals surface area contributed by atoms with Gasteiger partial charge in [0.05, 0.1) is 22.1 Å². The lowest BCUT2D eigenvalue weighted by atomic mass is 9.66. The first kappa shape index (κ1) is 42.6. The predicted octanol–water partition coefficient (Wildman–Crippen LogP) is 18.4. The lowest BCUT2D eigenvalue weighted by Gasteiger charge is -2.36. The van der Waals surface area contributed by atoms with Crippen LogP contribution in [0.25, 0.3) is 71.3 Å². The fourth-order valence-corrected chi connectivity index (χ4v) is 12.3. The summed E-state index contributed by atoms with van der Waals surface area (Å²) in [5.41, 5.74) is 19.1. The molecule has 1 unspecified atom stereocenters. The van der Waals surface area contributed by atoms with Crippen molar-refractivity contribution in [1.29, 1.82) is 0 Å². The van der Waals surface area contributed by atoms with Gasteiger partial charge in [0, 0.05) is 38.6 Å². The Morgan fingerprint density at radius 2 is 0.945 bits per heavy atom. The fraction of sp³-hybridized carbons (Fsp3) is 0.0423. The Morgan fingerprint density at radius 3 is 1.75 bits per heavy atom. The molecule has 0 spiro atoms. The van der Waals surface area contributed by atoms with Crippen LogP contribution in [0.4, 0.5) is 17.1 Å². The third-order valence-electron chi connectivity index (χ3n) is 15.6. The van der Waals surface area contributed by atoms with Crippen LogP contribution >= 0.6 is 0 Å². The van der Waals surface area contributed by atoms with Crippen LogP contribution in [-0.4, -0.2) is 4.57 Å². The van der Waals surface area contributed by atoms with Crippen LogP contribution in [0.15, 0.2) is 279 Å². The highest BCUT2D eigenvalue weighted by Gasteiger charge is 2.47. The van der Waals surface area contributed by atoms with Gasteiger partial charge in [-0.15, -0.1) is 0 Å². The van der Waals surface area contributed by atoms with E-state index in [4.69, 9.17) is 0 Å². The molecule has 1 aromatic heterocycles. The van der Waals surface area contributed by atoms with Crippen molar-refractivity contribution in [1.82, 2.24) is 4.57 Å². The Labute approximate surface area is 426 Å². The molecule has 1 aliphatic rings. The SMILES string of the molecule is c1ccc(CCc2ccccc2C2(c3ccccc3)c3ccccc3-c3ccc(N(c4ccc5c6ccc7ccccc7c6n(-c6ccc(-c7ccccc7)cc6)c5c4)c4cccc5ccccc45)cc32)cc1. The first-order chi connectivity index (χ1) is 36.2. The topological polar surface area (TPSA) is 8.17 Å². The number of anilines is 3. The van der Waals surface area contributed by atoms with Gasteiger partial charge in [0.25, 0.3) is 0 Å². The molecule has 344 valence electrons. The average Bonchev–Trinajstić information content (AvgIpc) is 3.96. The second-order valence-electron chi connectivity index (χ2n) is 19.5. The van der Waals surface area contributed by atoms with Crippen LogP contribution in [0.3, 0.4) is 0 Å². The molecule has 2 nitrogen and oxygen atoms in total. The van der Waals surface area contributed by atoms with Crippen molar-refractivity contribution in [2.45, 2.75) is 18.3 Å². The number of benzene rings is 12. The van der Waals surface area contributed by atoms with E-state index in [0.29, 0.717) is 0 Å². The molecular weight excluding hydrogens is 881 g/mol. The number of aryl methyl sites for hydroxylation is 2. The lowest BCUT2D eigenvalue weighted by Crippen LogP contribution is -2.30. The molecule has 2 heteroatoms. The zero-order chi connectivity index (χ0) is 48.3. The monoisotopic (exact) mass is 930 g/mol. The Balaban J connectivity index is 1.03. The third kappa shape index (κ3) is 6.94. The van der Waals surface area contributed by atoms with Gasteiger partial charge in [-0.3, -0.25) is 0 Å². The molecule has 0 fully saturated rings. The summed E-state index contributed by atoms with van der Waals surface area (Å²) < 4.78 is 2.50. The lowest BCUT2D eigenvalue weighted by molar-refractivity contribution is 0.748. The normalized spacial score (nSPS) is 13.9. The van der Waals surface area contributed by atoms with E-state index in [1.807, 2.05) is 0 Å². The van der Waals surface area contributed by atoms with E-state index in [9.17, 15) is 0 Å². The standard InChI is InChI=1S/C71H50N2/c1-4-19-49(20-5-1)35-36-54-25-12-16-32-65(54)71(55-27-8-3-9-28-55)66-33-17-15-31-61(66)62-45-42-57(47-67(62)71)72(68-34-18-26-52-23-10-13-29-59(52)68)58-43-46-63-64-44-39-53-24-11-14-30-60(53)70(64)73(69(63)48-58)56-40-37-51(38-41-56)50-21-6-2-7-22-50/h1-34,37-48H,35-36H2. The maximum atomic E-state index is 2.52. The molecule has 0 saturated carbocycles. The van der Waals surface area contributed by atoms with Crippen LogP contribution in [0.5, 0.6) is 0 Å². The molecule has 73 heavy (non-hydrogen) atoms. The highest BCUT2D eigenvalue weighted by Crippen LogP contribution is 2.58. The van der Waals surface area contributed by atoms with Crippen molar-refractivity contribution in [2.75, 3.05) is 4.90 Å². The van der Waals surface area contributed by atoms with Gasteiger partial charge in [-0.2, -0.15) is 0 Å². The van der Waals surface area contributed by atoms with Gasteiger partial charge in [0.15, 0.2) is 0 Å². The van der Waals surface area contributed by atoms with E-state index in [-0.39, 0.29) is 0 Å². The summed E-state index contributed by atoms with van der Waals surface area (Å²) in [6, 6.07) is 104. The maximum Gasteiger partial charge on any atom is 0.0716 e. The van der Waals surface area contributed by atoms with Crippen molar-refractivity contribution in [3.63, 3.8) is 0 Å². The highest BCUT2D eigenvalue weighted by molar-refractivity contribution is 6.19. The van der Waals surface area contributed by atoms with Crippen LogP contribution in [-0.2, 0) is 18.3 Å².